The number of hydrogen-bond acceptors (Lipinski definition) is 2. The Labute approximate surface area is 99.8 Å². The van der Waals surface area contributed by atoms with Gasteiger partial charge in [-0.15, -0.1) is 0 Å². The molecule has 2 unspecified atom stereocenters. The average molecular weight is 269 g/mol. The van der Waals surface area contributed by atoms with E-state index in [-0.39, 0.29) is 0 Å². The van der Waals surface area contributed by atoms with Crippen LogP contribution in [0.3, 0.4) is 0 Å². The molecule has 15 heavy (non-hydrogen) atoms. The fraction of sp³-hybridized carbons (Fsp3) is 0.583. The summed E-state index contributed by atoms with van der Waals surface area (Å²) in [5.74, 6) is 1.89. The molecule has 0 spiro atoms. The molecule has 1 aliphatic rings. The lowest BCUT2D eigenvalue weighted by molar-refractivity contribution is 0.454. The number of nitrogens with zero attached hydrogens (tertiary/aromatic N) is 2. The van der Waals surface area contributed by atoms with Gasteiger partial charge in [-0.25, -0.2) is 4.98 Å². The second-order valence-electron chi connectivity index (χ2n) is 4.37. The van der Waals surface area contributed by atoms with Gasteiger partial charge in [0, 0.05) is 23.6 Å². The molecule has 0 N–H and O–H groups in total. The van der Waals surface area contributed by atoms with Crippen molar-refractivity contribution in [1.82, 2.24) is 4.98 Å². The number of anilines is 1. The molecule has 1 fully saturated rings. The summed E-state index contributed by atoms with van der Waals surface area (Å²) in [5, 5.41) is 0. The Bertz CT molecular complexity index is 340. The maximum absolute atomic E-state index is 4.56. The van der Waals surface area contributed by atoms with Gasteiger partial charge < -0.3 is 4.90 Å². The zero-order chi connectivity index (χ0) is 10.8. The highest BCUT2D eigenvalue weighted by atomic mass is 79.9. The molecule has 2 nitrogen and oxygen atoms in total. The lowest BCUT2D eigenvalue weighted by Gasteiger charge is -2.35. The van der Waals surface area contributed by atoms with Gasteiger partial charge in [0.2, 0.25) is 0 Å². The first-order valence-corrected chi connectivity index (χ1v) is 6.41. The normalized spacial score (nSPS) is 26.7. The predicted octanol–water partition coefficient (Wildman–Crippen LogP) is 3.00. The summed E-state index contributed by atoms with van der Waals surface area (Å²) in [4.78, 5) is 7.52. The number of aryl methyl sites for hydroxylation is 1. The van der Waals surface area contributed by atoms with Gasteiger partial charge in [-0.2, -0.15) is 0 Å². The third-order valence-electron chi connectivity index (χ3n) is 3.06. The van der Waals surface area contributed by atoms with Gasteiger partial charge in [0.1, 0.15) is 5.82 Å². The maximum atomic E-state index is 4.56. The fourth-order valence-corrected chi connectivity index (χ4v) is 2.55. The van der Waals surface area contributed by atoms with E-state index in [9.17, 15) is 0 Å². The first kappa shape index (κ1) is 10.9. The molecule has 2 atom stereocenters. The Morgan fingerprint density at radius 1 is 1.47 bits per heavy atom. The number of pyridine rings is 1. The van der Waals surface area contributed by atoms with Crippen molar-refractivity contribution >= 4 is 21.7 Å². The molecule has 0 aromatic carbocycles. The van der Waals surface area contributed by atoms with Crippen LogP contribution in [0.25, 0.3) is 0 Å². The lowest BCUT2D eigenvalue weighted by Crippen LogP contribution is -2.40. The number of piperidine rings is 1. The van der Waals surface area contributed by atoms with E-state index in [1.165, 1.54) is 6.42 Å². The third-order valence-corrected chi connectivity index (χ3v) is 4.26. The lowest BCUT2D eigenvalue weighted by atomic mass is 9.99. The summed E-state index contributed by atoms with van der Waals surface area (Å²) in [6.45, 7) is 6.54. The van der Waals surface area contributed by atoms with Crippen LogP contribution in [0.5, 0.6) is 0 Å². The topological polar surface area (TPSA) is 16.1 Å². The first-order chi connectivity index (χ1) is 7.16. The summed E-state index contributed by atoms with van der Waals surface area (Å²) in [5.41, 5.74) is 1.09. The number of alkyl halides is 1. The quantitative estimate of drug-likeness (QED) is 0.728. The van der Waals surface area contributed by atoms with Gasteiger partial charge in [0.25, 0.3) is 0 Å². The molecule has 0 radical (unpaired) electrons. The highest BCUT2D eigenvalue weighted by molar-refractivity contribution is 9.09. The van der Waals surface area contributed by atoms with Crippen LogP contribution in [0.2, 0.25) is 0 Å². The van der Waals surface area contributed by atoms with E-state index in [2.05, 4.69) is 44.9 Å². The van der Waals surface area contributed by atoms with E-state index in [0.717, 1.165) is 30.5 Å². The summed E-state index contributed by atoms with van der Waals surface area (Å²) in [6.07, 6.45) is 1.24. The zero-order valence-corrected chi connectivity index (χ0v) is 10.9. The summed E-state index contributed by atoms with van der Waals surface area (Å²) in [7, 11) is 0. The molecule has 1 aromatic rings. The van der Waals surface area contributed by atoms with Crippen LogP contribution in [0, 0.1) is 12.8 Å². The maximum Gasteiger partial charge on any atom is 0.128 e. The minimum Gasteiger partial charge on any atom is -0.355 e. The molecule has 0 saturated carbocycles. The Morgan fingerprint density at radius 3 is 2.93 bits per heavy atom. The van der Waals surface area contributed by atoms with E-state index in [1.54, 1.807) is 0 Å². The van der Waals surface area contributed by atoms with Crippen LogP contribution in [-0.2, 0) is 0 Å². The largest absolute Gasteiger partial charge is 0.355 e. The van der Waals surface area contributed by atoms with E-state index < -0.39 is 0 Å². The monoisotopic (exact) mass is 268 g/mol. The molecule has 1 saturated heterocycles. The molecule has 0 bridgehead atoms. The molecule has 3 heteroatoms. The molecule has 0 aliphatic carbocycles. The third kappa shape index (κ3) is 2.51. The van der Waals surface area contributed by atoms with Crippen LogP contribution in [-0.4, -0.2) is 22.9 Å². The van der Waals surface area contributed by atoms with Crippen molar-refractivity contribution in [2.75, 3.05) is 18.0 Å². The van der Waals surface area contributed by atoms with Crippen molar-refractivity contribution in [3.05, 3.63) is 23.9 Å². The Balaban J connectivity index is 2.12. The van der Waals surface area contributed by atoms with E-state index in [1.807, 2.05) is 13.0 Å². The molecule has 1 aliphatic heterocycles. The van der Waals surface area contributed by atoms with Crippen molar-refractivity contribution in [2.24, 2.45) is 5.92 Å². The highest BCUT2D eigenvalue weighted by Crippen LogP contribution is 2.26. The van der Waals surface area contributed by atoms with Gasteiger partial charge in [-0.1, -0.05) is 28.9 Å². The van der Waals surface area contributed by atoms with Crippen LogP contribution < -0.4 is 4.90 Å². The minimum absolute atomic E-state index is 0.591. The van der Waals surface area contributed by atoms with Crippen LogP contribution in [0.1, 0.15) is 19.0 Å². The van der Waals surface area contributed by atoms with Crippen LogP contribution in [0.4, 0.5) is 5.82 Å². The molecular formula is C12H17BrN2. The Hall–Kier alpha value is -0.570. The Kier molecular flexibility index (Phi) is 3.29. The standard InChI is InChI=1S/C12H17BrN2/c1-9-6-7-15(8-11(9)13)12-5-3-4-10(2)14-12/h3-5,9,11H,6-8H2,1-2H3. The molecule has 2 heterocycles. The predicted molar refractivity (Wildman–Crippen MR) is 67.7 cm³/mol. The first-order valence-electron chi connectivity index (χ1n) is 5.49. The Morgan fingerprint density at radius 2 is 2.27 bits per heavy atom. The van der Waals surface area contributed by atoms with Gasteiger partial charge >= 0.3 is 0 Å². The average Bonchev–Trinajstić information content (AvgIpc) is 2.22. The number of hydrogen-bond donors (Lipinski definition) is 0. The fourth-order valence-electron chi connectivity index (χ4n) is 1.93. The number of halogens is 1. The highest BCUT2D eigenvalue weighted by Gasteiger charge is 2.24. The van der Waals surface area contributed by atoms with Gasteiger partial charge in [-0.3, -0.25) is 0 Å². The van der Waals surface area contributed by atoms with Crippen molar-refractivity contribution in [3.63, 3.8) is 0 Å². The van der Waals surface area contributed by atoms with Crippen molar-refractivity contribution in [2.45, 2.75) is 25.1 Å². The van der Waals surface area contributed by atoms with Gasteiger partial charge in [-0.05, 0) is 31.4 Å². The van der Waals surface area contributed by atoms with Crippen LogP contribution >= 0.6 is 15.9 Å². The van der Waals surface area contributed by atoms with E-state index in [4.69, 9.17) is 0 Å². The second-order valence-corrected chi connectivity index (χ2v) is 5.54. The summed E-state index contributed by atoms with van der Waals surface area (Å²) < 4.78 is 0. The molecule has 0 amide bonds. The van der Waals surface area contributed by atoms with Crippen molar-refractivity contribution in [3.8, 4) is 0 Å². The number of aromatic nitrogens is 1. The minimum atomic E-state index is 0.591. The summed E-state index contributed by atoms with van der Waals surface area (Å²) in [6, 6.07) is 6.23. The summed E-state index contributed by atoms with van der Waals surface area (Å²) >= 11 is 3.74. The smallest absolute Gasteiger partial charge is 0.128 e. The van der Waals surface area contributed by atoms with Gasteiger partial charge in [0.15, 0.2) is 0 Å². The molecular weight excluding hydrogens is 252 g/mol. The van der Waals surface area contributed by atoms with Crippen molar-refractivity contribution < 1.29 is 0 Å². The van der Waals surface area contributed by atoms with Crippen molar-refractivity contribution in [1.29, 1.82) is 0 Å². The van der Waals surface area contributed by atoms with E-state index in [0.29, 0.717) is 4.83 Å². The van der Waals surface area contributed by atoms with E-state index >= 15 is 0 Å². The molecule has 2 rings (SSSR count). The van der Waals surface area contributed by atoms with Crippen LogP contribution in [0.15, 0.2) is 18.2 Å². The number of rotatable bonds is 1. The SMILES string of the molecule is Cc1cccc(N2CCC(C)C(Br)C2)n1. The second kappa shape index (κ2) is 4.52. The molecule has 82 valence electrons. The van der Waals surface area contributed by atoms with Gasteiger partial charge in [0.05, 0.1) is 0 Å². The zero-order valence-electron chi connectivity index (χ0n) is 9.28. The molecule has 1 aromatic heterocycles.